The van der Waals surface area contributed by atoms with Gasteiger partial charge in [0.1, 0.15) is 11.6 Å². The van der Waals surface area contributed by atoms with Crippen molar-refractivity contribution in [3.05, 3.63) is 67.6 Å². The third-order valence-corrected chi connectivity index (χ3v) is 4.65. The minimum atomic E-state index is -0.591. The lowest BCUT2D eigenvalue weighted by atomic mass is 9.98. The van der Waals surface area contributed by atoms with Gasteiger partial charge < -0.3 is 5.73 Å². The molecule has 0 aliphatic heterocycles. The van der Waals surface area contributed by atoms with Crippen molar-refractivity contribution in [2.45, 2.75) is 19.4 Å². The van der Waals surface area contributed by atoms with Crippen molar-refractivity contribution in [3.63, 3.8) is 0 Å². The van der Waals surface area contributed by atoms with Gasteiger partial charge in [-0.25, -0.2) is 8.78 Å². The minimum absolute atomic E-state index is 0.00331. The average molecular weight is 405 g/mol. The Hall–Kier alpha value is -0.780. The second-order valence-corrected chi connectivity index (χ2v) is 6.35. The quantitative estimate of drug-likeness (QED) is 0.712. The van der Waals surface area contributed by atoms with Crippen LogP contribution in [0.3, 0.4) is 0 Å². The lowest BCUT2D eigenvalue weighted by Crippen LogP contribution is -2.15. The highest BCUT2D eigenvalue weighted by atomic mass is 79.9. The number of halogens is 4. The van der Waals surface area contributed by atoms with Crippen LogP contribution in [0.1, 0.15) is 22.7 Å². The predicted molar refractivity (Wildman–Crippen MR) is 83.6 cm³/mol. The summed E-state index contributed by atoms with van der Waals surface area (Å²) in [6, 6.07) is 7.80. The van der Waals surface area contributed by atoms with Crippen LogP contribution in [0.25, 0.3) is 0 Å². The number of aryl methyl sites for hydroxylation is 1. The van der Waals surface area contributed by atoms with Crippen LogP contribution in [0.4, 0.5) is 8.78 Å². The number of hydrogen-bond acceptors (Lipinski definition) is 1. The van der Waals surface area contributed by atoms with Crippen LogP contribution in [0.5, 0.6) is 0 Å². The van der Waals surface area contributed by atoms with Gasteiger partial charge in [0, 0.05) is 16.1 Å². The summed E-state index contributed by atoms with van der Waals surface area (Å²) in [4.78, 5) is 0. The van der Waals surface area contributed by atoms with E-state index in [-0.39, 0.29) is 16.5 Å². The normalized spacial score (nSPS) is 12.5. The van der Waals surface area contributed by atoms with Crippen molar-refractivity contribution in [3.8, 4) is 0 Å². The van der Waals surface area contributed by atoms with E-state index in [0.717, 1.165) is 15.6 Å². The topological polar surface area (TPSA) is 26.0 Å². The molecule has 0 aliphatic rings. The molecule has 2 N–H and O–H groups in total. The minimum Gasteiger partial charge on any atom is -0.324 e. The van der Waals surface area contributed by atoms with E-state index in [1.165, 1.54) is 12.1 Å². The van der Waals surface area contributed by atoms with Gasteiger partial charge in [0.2, 0.25) is 0 Å². The number of rotatable bonds is 3. The van der Waals surface area contributed by atoms with Gasteiger partial charge in [-0.3, -0.25) is 0 Å². The molecule has 2 rings (SSSR count). The van der Waals surface area contributed by atoms with Crippen LogP contribution in [0.15, 0.2) is 39.3 Å². The van der Waals surface area contributed by atoms with Crippen LogP contribution >= 0.6 is 31.9 Å². The van der Waals surface area contributed by atoms with E-state index in [1.54, 1.807) is 0 Å². The molecule has 0 aromatic heterocycles. The molecule has 106 valence electrons. The Morgan fingerprint density at radius 3 is 2.45 bits per heavy atom. The van der Waals surface area contributed by atoms with E-state index < -0.39 is 17.7 Å². The molecule has 0 bridgehead atoms. The maximum Gasteiger partial charge on any atom is 0.143 e. The van der Waals surface area contributed by atoms with Crippen LogP contribution in [0.2, 0.25) is 0 Å². The van der Waals surface area contributed by atoms with Gasteiger partial charge in [-0.05, 0) is 58.6 Å². The first-order valence-electron chi connectivity index (χ1n) is 6.04. The van der Waals surface area contributed by atoms with Crippen molar-refractivity contribution >= 4 is 31.9 Å². The molecule has 1 atom stereocenters. The molecule has 0 aliphatic carbocycles. The number of nitrogens with two attached hydrogens (primary N) is 1. The van der Waals surface area contributed by atoms with Gasteiger partial charge in [0.05, 0.1) is 4.47 Å². The second-order valence-electron chi connectivity index (χ2n) is 4.64. The van der Waals surface area contributed by atoms with E-state index in [0.29, 0.717) is 0 Å². The molecule has 0 spiro atoms. The van der Waals surface area contributed by atoms with Crippen LogP contribution in [-0.2, 0) is 6.42 Å². The van der Waals surface area contributed by atoms with Crippen molar-refractivity contribution in [2.24, 2.45) is 5.73 Å². The maximum absolute atomic E-state index is 13.9. The van der Waals surface area contributed by atoms with Gasteiger partial charge in [-0.2, -0.15) is 0 Å². The standard InChI is InChI=1S/C15H13Br2F2N/c1-8-2-3-9(6-12(8)17)14(20)7-10-13(18)5-4-11(16)15(10)19/h2-6,14H,7,20H2,1H3. The summed E-state index contributed by atoms with van der Waals surface area (Å²) in [5.41, 5.74) is 7.99. The van der Waals surface area contributed by atoms with Gasteiger partial charge in [-0.1, -0.05) is 28.1 Å². The summed E-state index contributed by atoms with van der Waals surface area (Å²) in [6.45, 7) is 1.97. The molecule has 0 heterocycles. The third kappa shape index (κ3) is 3.27. The molecule has 0 saturated heterocycles. The molecule has 0 fully saturated rings. The van der Waals surface area contributed by atoms with E-state index in [2.05, 4.69) is 31.9 Å². The van der Waals surface area contributed by atoms with Crippen molar-refractivity contribution in [1.29, 1.82) is 0 Å². The maximum atomic E-state index is 13.9. The molecular weight excluding hydrogens is 392 g/mol. The summed E-state index contributed by atoms with van der Waals surface area (Å²) in [7, 11) is 0. The Morgan fingerprint density at radius 2 is 1.80 bits per heavy atom. The van der Waals surface area contributed by atoms with Gasteiger partial charge in [0.25, 0.3) is 0 Å². The zero-order chi connectivity index (χ0) is 14.9. The first kappa shape index (κ1) is 15.6. The molecule has 2 aromatic rings. The molecular formula is C15H13Br2F2N. The van der Waals surface area contributed by atoms with Crippen molar-refractivity contribution in [2.75, 3.05) is 0 Å². The zero-order valence-electron chi connectivity index (χ0n) is 10.8. The second kappa shape index (κ2) is 6.33. The fourth-order valence-corrected chi connectivity index (χ4v) is 2.70. The molecule has 5 heteroatoms. The van der Waals surface area contributed by atoms with E-state index in [1.807, 2.05) is 25.1 Å². The summed E-state index contributed by atoms with van der Waals surface area (Å²) in [5, 5.41) is 0. The summed E-state index contributed by atoms with van der Waals surface area (Å²) >= 11 is 6.49. The Balaban J connectivity index is 2.30. The van der Waals surface area contributed by atoms with E-state index >= 15 is 0 Å². The SMILES string of the molecule is Cc1ccc(C(N)Cc2c(F)ccc(Br)c2F)cc1Br. The fraction of sp³-hybridized carbons (Fsp3) is 0.200. The highest BCUT2D eigenvalue weighted by Crippen LogP contribution is 2.27. The number of hydrogen-bond donors (Lipinski definition) is 1. The number of benzene rings is 2. The summed E-state index contributed by atoms with van der Waals surface area (Å²) in [6.07, 6.45) is 0.104. The highest BCUT2D eigenvalue weighted by molar-refractivity contribution is 9.10. The summed E-state index contributed by atoms with van der Waals surface area (Å²) in [5.74, 6) is -1.17. The Kier molecular flexibility index (Phi) is 4.94. The zero-order valence-corrected chi connectivity index (χ0v) is 13.9. The lowest BCUT2D eigenvalue weighted by molar-refractivity contribution is 0.536. The Bertz CT molecular complexity index is 644. The van der Waals surface area contributed by atoms with Gasteiger partial charge in [0.15, 0.2) is 0 Å². The van der Waals surface area contributed by atoms with Crippen LogP contribution < -0.4 is 5.73 Å². The predicted octanol–water partition coefficient (Wildman–Crippen LogP) is 5.04. The molecule has 0 saturated carbocycles. The Morgan fingerprint density at radius 1 is 1.10 bits per heavy atom. The Labute approximate surface area is 133 Å². The van der Waals surface area contributed by atoms with E-state index in [4.69, 9.17) is 5.73 Å². The van der Waals surface area contributed by atoms with Crippen LogP contribution in [0, 0.1) is 18.6 Å². The van der Waals surface area contributed by atoms with Crippen molar-refractivity contribution in [1.82, 2.24) is 0 Å². The van der Waals surface area contributed by atoms with Gasteiger partial charge >= 0.3 is 0 Å². The molecule has 20 heavy (non-hydrogen) atoms. The van der Waals surface area contributed by atoms with Gasteiger partial charge in [-0.15, -0.1) is 0 Å². The molecule has 0 amide bonds. The highest BCUT2D eigenvalue weighted by Gasteiger charge is 2.17. The molecule has 1 nitrogen and oxygen atoms in total. The third-order valence-electron chi connectivity index (χ3n) is 3.19. The monoisotopic (exact) mass is 403 g/mol. The van der Waals surface area contributed by atoms with E-state index in [9.17, 15) is 8.78 Å². The largest absolute Gasteiger partial charge is 0.324 e. The molecule has 1 unspecified atom stereocenters. The smallest absolute Gasteiger partial charge is 0.143 e. The first-order valence-corrected chi connectivity index (χ1v) is 7.62. The average Bonchev–Trinajstić information content (AvgIpc) is 2.42. The molecule has 2 aromatic carbocycles. The van der Waals surface area contributed by atoms with Crippen LogP contribution in [-0.4, -0.2) is 0 Å². The fourth-order valence-electron chi connectivity index (χ4n) is 1.93. The first-order chi connectivity index (χ1) is 9.40. The lowest BCUT2D eigenvalue weighted by Gasteiger charge is -2.15. The molecule has 0 radical (unpaired) electrons. The van der Waals surface area contributed by atoms with Crippen molar-refractivity contribution < 1.29 is 8.78 Å². The summed E-state index contributed by atoms with van der Waals surface area (Å²) < 4.78 is 28.8.